The molecule has 10 rings (SSSR count). The van der Waals surface area contributed by atoms with E-state index in [1.807, 2.05) is 28.8 Å². The summed E-state index contributed by atoms with van der Waals surface area (Å²) >= 11 is 0. The fraction of sp³-hybridized carbons (Fsp3) is 0. The van der Waals surface area contributed by atoms with Gasteiger partial charge in [-0.1, -0.05) is 121 Å². The summed E-state index contributed by atoms with van der Waals surface area (Å²) in [7, 11) is 0. The summed E-state index contributed by atoms with van der Waals surface area (Å²) in [4.78, 5) is 0. The van der Waals surface area contributed by atoms with E-state index in [2.05, 4.69) is 120 Å². The molecule has 0 aliphatic carbocycles. The molecule has 0 aliphatic heterocycles. The van der Waals surface area contributed by atoms with E-state index in [1.54, 1.807) is 0 Å². The number of hydrogen-bond acceptors (Lipinski definition) is 0. The van der Waals surface area contributed by atoms with Crippen molar-refractivity contribution in [3.8, 4) is 22.5 Å². The van der Waals surface area contributed by atoms with Crippen molar-refractivity contribution in [1.82, 2.24) is 9.13 Å². The molecule has 0 saturated carbocycles. The second-order valence-electron chi connectivity index (χ2n) is 11.8. The highest BCUT2D eigenvalue weighted by Crippen LogP contribution is 2.42. The predicted molar refractivity (Wildman–Crippen MR) is 196 cm³/mol. The Labute approximate surface area is 273 Å². The first-order valence-electron chi connectivity index (χ1n) is 18.0. The number of para-hydroxylation sites is 2. The number of rotatable bonds is 3. The maximum atomic E-state index is 9.00. The Morgan fingerprint density at radius 1 is 0.391 bits per heavy atom. The smallest absolute Gasteiger partial charge is 0.0645 e. The first-order chi connectivity index (χ1) is 24.9. The summed E-state index contributed by atoms with van der Waals surface area (Å²) in [5.41, 5.74) is 7.02. The first-order valence-corrected chi connectivity index (χ1v) is 15.5. The molecular weight excluding hydrogens is 556 g/mol. The number of nitrogens with zero attached hydrogens (tertiary/aromatic N) is 2. The zero-order valence-electron chi connectivity index (χ0n) is 29.7. The van der Waals surface area contributed by atoms with Gasteiger partial charge < -0.3 is 9.13 Å². The van der Waals surface area contributed by atoms with Crippen molar-refractivity contribution in [2.75, 3.05) is 0 Å². The van der Waals surface area contributed by atoms with Gasteiger partial charge in [-0.25, -0.2) is 0 Å². The molecule has 10 aromatic rings. The zero-order chi connectivity index (χ0) is 34.5. The van der Waals surface area contributed by atoms with E-state index in [0.717, 1.165) is 65.6 Å². The lowest BCUT2D eigenvalue weighted by atomic mass is 9.98. The van der Waals surface area contributed by atoms with Crippen LogP contribution in [0.1, 0.15) is 6.85 Å². The Bertz CT molecular complexity index is 3050. The molecule has 0 bridgehead atoms. The van der Waals surface area contributed by atoms with Crippen LogP contribution in [-0.2, 0) is 0 Å². The normalized spacial score (nSPS) is 13.4. The average molecular weight is 590 g/mol. The summed E-state index contributed by atoms with van der Waals surface area (Å²) in [5, 5.41) is 8.63. The Hall–Kier alpha value is -6.12. The van der Waals surface area contributed by atoms with Crippen LogP contribution in [0, 0.1) is 0 Å². The first kappa shape index (κ1) is 20.8. The summed E-state index contributed by atoms with van der Waals surface area (Å²) in [5.74, 6) is 0. The fourth-order valence-electron chi connectivity index (χ4n) is 7.39. The lowest BCUT2D eigenvalue weighted by Gasteiger charge is -2.12. The summed E-state index contributed by atoms with van der Waals surface area (Å²) < 4.78 is 47.5. The summed E-state index contributed by atoms with van der Waals surface area (Å²) in [6.45, 7) is 0. The quantitative estimate of drug-likeness (QED) is 0.194. The third kappa shape index (κ3) is 3.59. The van der Waals surface area contributed by atoms with E-state index in [0.29, 0.717) is 0 Å². The monoisotopic (exact) mass is 589 g/mol. The number of hydrogen-bond donors (Lipinski definition) is 0. The molecular formula is C44H28N2. The van der Waals surface area contributed by atoms with E-state index in [1.165, 1.54) is 16.3 Å². The van der Waals surface area contributed by atoms with Crippen LogP contribution in [0.25, 0.3) is 87.7 Å². The van der Waals surface area contributed by atoms with E-state index < -0.39 is 6.04 Å². The lowest BCUT2D eigenvalue weighted by Crippen LogP contribution is -1.96. The molecule has 0 amide bonds. The van der Waals surface area contributed by atoms with Crippen molar-refractivity contribution in [2.24, 2.45) is 0 Å². The van der Waals surface area contributed by atoms with Gasteiger partial charge in [-0.05, 0) is 81.2 Å². The molecule has 2 aromatic heterocycles. The third-order valence-electron chi connectivity index (χ3n) is 9.38. The molecule has 0 saturated heterocycles. The zero-order valence-corrected chi connectivity index (χ0v) is 24.7. The van der Waals surface area contributed by atoms with Gasteiger partial charge in [0.05, 0.1) is 28.9 Å². The van der Waals surface area contributed by atoms with E-state index in [4.69, 9.17) is 6.85 Å². The highest BCUT2D eigenvalue weighted by Gasteiger charge is 2.19. The molecule has 214 valence electrons. The molecule has 0 fully saturated rings. The molecule has 0 spiro atoms. The Balaban J connectivity index is 1.31. The lowest BCUT2D eigenvalue weighted by molar-refractivity contribution is 1.16. The molecule has 0 unspecified atom stereocenters. The van der Waals surface area contributed by atoms with Crippen LogP contribution in [0.5, 0.6) is 0 Å². The molecule has 0 aliphatic rings. The minimum absolute atomic E-state index is 0.137. The second-order valence-corrected chi connectivity index (χ2v) is 11.8. The van der Waals surface area contributed by atoms with Crippen LogP contribution >= 0.6 is 0 Å². The van der Waals surface area contributed by atoms with Gasteiger partial charge in [-0.3, -0.25) is 0 Å². The van der Waals surface area contributed by atoms with Gasteiger partial charge in [0.2, 0.25) is 0 Å². The topological polar surface area (TPSA) is 9.86 Å². The van der Waals surface area contributed by atoms with Crippen molar-refractivity contribution in [2.45, 2.75) is 0 Å². The van der Waals surface area contributed by atoms with Crippen LogP contribution in [0.2, 0.25) is 0 Å². The van der Waals surface area contributed by atoms with E-state index >= 15 is 0 Å². The maximum absolute atomic E-state index is 9.00. The highest BCUT2D eigenvalue weighted by atomic mass is 15.0. The van der Waals surface area contributed by atoms with Crippen LogP contribution in [0.15, 0.2) is 170 Å². The molecule has 2 heteroatoms. The minimum Gasteiger partial charge on any atom is -0.309 e. The van der Waals surface area contributed by atoms with Crippen molar-refractivity contribution in [3.05, 3.63) is 170 Å². The molecule has 0 radical (unpaired) electrons. The number of benzene rings is 8. The van der Waals surface area contributed by atoms with Crippen LogP contribution in [-0.4, -0.2) is 9.13 Å². The van der Waals surface area contributed by atoms with Crippen molar-refractivity contribution < 1.29 is 6.85 Å². The average Bonchev–Trinajstić information content (AvgIpc) is 3.67. The molecule has 0 N–H and O–H groups in total. The van der Waals surface area contributed by atoms with Gasteiger partial charge in [0.15, 0.2) is 0 Å². The maximum Gasteiger partial charge on any atom is 0.0645 e. The van der Waals surface area contributed by atoms with Gasteiger partial charge in [-0.2, -0.15) is 0 Å². The molecule has 8 aromatic carbocycles. The second kappa shape index (κ2) is 9.69. The van der Waals surface area contributed by atoms with Gasteiger partial charge in [0, 0.05) is 32.9 Å². The predicted octanol–water partition coefficient (Wildman–Crippen LogP) is 11.9. The Kier molecular flexibility index (Phi) is 4.37. The summed E-state index contributed by atoms with van der Waals surface area (Å²) in [6, 6.07) is 46.9. The van der Waals surface area contributed by atoms with Gasteiger partial charge >= 0.3 is 0 Å². The summed E-state index contributed by atoms with van der Waals surface area (Å²) in [6.07, 6.45) is 0. The Morgan fingerprint density at radius 3 is 1.87 bits per heavy atom. The highest BCUT2D eigenvalue weighted by molar-refractivity contribution is 6.25. The SMILES string of the molecule is [2H]c1c([2H])c([2H])c(-n2c3cc4c(cc3c3c5ccccc5ccc32)c2ccccc2n4-c2ccc(-c3cccc4ccccc34)cc2)c([2H])c1[2H]. The van der Waals surface area contributed by atoms with Crippen molar-refractivity contribution in [1.29, 1.82) is 0 Å². The van der Waals surface area contributed by atoms with Crippen molar-refractivity contribution in [3.63, 3.8) is 0 Å². The van der Waals surface area contributed by atoms with Crippen LogP contribution in [0.4, 0.5) is 0 Å². The fourth-order valence-corrected chi connectivity index (χ4v) is 7.39. The van der Waals surface area contributed by atoms with Gasteiger partial charge in [0.1, 0.15) is 0 Å². The molecule has 0 atom stereocenters. The van der Waals surface area contributed by atoms with E-state index in [9.17, 15) is 0 Å². The minimum atomic E-state index is -0.408. The largest absolute Gasteiger partial charge is 0.309 e. The number of aromatic nitrogens is 2. The molecule has 46 heavy (non-hydrogen) atoms. The van der Waals surface area contributed by atoms with E-state index in [-0.39, 0.29) is 29.9 Å². The van der Waals surface area contributed by atoms with Crippen LogP contribution in [0.3, 0.4) is 0 Å². The van der Waals surface area contributed by atoms with Gasteiger partial charge in [-0.15, -0.1) is 0 Å². The molecule has 2 heterocycles. The van der Waals surface area contributed by atoms with Gasteiger partial charge in [0.25, 0.3) is 0 Å². The Morgan fingerprint density at radius 2 is 1.04 bits per heavy atom. The molecule has 2 nitrogen and oxygen atoms in total. The van der Waals surface area contributed by atoms with Crippen molar-refractivity contribution >= 4 is 65.2 Å². The standard InChI is InChI=1S/C44H28N2/c1-2-14-32(15-3-1)46-41-26-23-30-12-5-7-17-36(30)44(41)39-27-38-37-18-8-9-20-40(37)45(42(38)28-43(39)46)33-24-21-31(22-25-33)35-19-10-13-29-11-4-6-16-34(29)35/h1-28H/i1D,2D,3D,14D,15D. The third-order valence-corrected chi connectivity index (χ3v) is 9.38. The number of fused-ring (bicyclic) bond motifs is 9. The van der Waals surface area contributed by atoms with Crippen LogP contribution < -0.4 is 0 Å².